The third kappa shape index (κ3) is 2.73. The zero-order chi connectivity index (χ0) is 14.8. The number of benzene rings is 2. The zero-order valence-corrected chi connectivity index (χ0v) is 12.1. The fourth-order valence-electron chi connectivity index (χ4n) is 2.12. The van der Waals surface area contributed by atoms with Crippen molar-refractivity contribution >= 4 is 28.7 Å². The van der Waals surface area contributed by atoms with E-state index in [2.05, 4.69) is 15.6 Å². The van der Waals surface area contributed by atoms with Gasteiger partial charge in [-0.3, -0.25) is 0 Å². The van der Waals surface area contributed by atoms with Crippen LogP contribution in [0.25, 0.3) is 11.0 Å². The van der Waals surface area contributed by atoms with E-state index in [1.165, 1.54) is 4.68 Å². The molecule has 0 fully saturated rings. The highest BCUT2D eigenvalue weighted by molar-refractivity contribution is 6.31. The molecule has 5 nitrogen and oxygen atoms in total. The van der Waals surface area contributed by atoms with E-state index in [4.69, 9.17) is 11.6 Å². The molecule has 0 aliphatic rings. The number of rotatable bonds is 2. The Kier molecular flexibility index (Phi) is 3.58. The van der Waals surface area contributed by atoms with Crippen LogP contribution in [0.1, 0.15) is 18.5 Å². The lowest BCUT2D eigenvalue weighted by molar-refractivity contribution is 0.237. The monoisotopic (exact) mass is 300 g/mol. The molecule has 0 aliphatic heterocycles. The first-order valence-corrected chi connectivity index (χ1v) is 6.90. The van der Waals surface area contributed by atoms with Gasteiger partial charge in [0.2, 0.25) is 0 Å². The summed E-state index contributed by atoms with van der Waals surface area (Å²) < 4.78 is 1.24. The van der Waals surface area contributed by atoms with Gasteiger partial charge >= 0.3 is 6.03 Å². The van der Waals surface area contributed by atoms with Crippen molar-refractivity contribution in [2.75, 3.05) is 0 Å². The summed E-state index contributed by atoms with van der Waals surface area (Å²) >= 11 is 5.89. The van der Waals surface area contributed by atoms with E-state index in [9.17, 15) is 4.79 Å². The molecule has 0 bridgehead atoms. The maximum absolute atomic E-state index is 12.3. The van der Waals surface area contributed by atoms with Gasteiger partial charge < -0.3 is 5.32 Å². The summed E-state index contributed by atoms with van der Waals surface area (Å²) in [4.78, 5) is 12.3. The molecule has 2 aromatic carbocycles. The Labute approximate surface area is 126 Å². The van der Waals surface area contributed by atoms with Crippen molar-refractivity contribution in [1.82, 2.24) is 20.3 Å². The van der Waals surface area contributed by atoms with Gasteiger partial charge in [-0.15, -0.1) is 5.10 Å². The highest BCUT2D eigenvalue weighted by Crippen LogP contribution is 2.17. The molecule has 0 saturated carbocycles. The van der Waals surface area contributed by atoms with Gasteiger partial charge in [0.1, 0.15) is 5.52 Å². The lowest BCUT2D eigenvalue weighted by Crippen LogP contribution is -2.31. The number of hydrogen-bond donors (Lipinski definition) is 1. The quantitative estimate of drug-likeness (QED) is 0.789. The number of aromatic nitrogens is 3. The van der Waals surface area contributed by atoms with Crippen molar-refractivity contribution in [3.63, 3.8) is 0 Å². The van der Waals surface area contributed by atoms with Crippen molar-refractivity contribution in [3.05, 3.63) is 59.1 Å². The lowest BCUT2D eigenvalue weighted by atomic mass is 10.1. The number of carbonyl (C=O) groups excluding carboxylic acids is 1. The summed E-state index contributed by atoms with van der Waals surface area (Å²) in [5.41, 5.74) is 2.24. The predicted molar refractivity (Wildman–Crippen MR) is 81.3 cm³/mol. The number of carbonyl (C=O) groups is 1. The van der Waals surface area contributed by atoms with E-state index in [1.54, 1.807) is 18.2 Å². The van der Waals surface area contributed by atoms with Crippen LogP contribution in [0.2, 0.25) is 5.02 Å². The van der Waals surface area contributed by atoms with Gasteiger partial charge in [0.25, 0.3) is 0 Å². The Bertz CT molecular complexity index is 785. The maximum atomic E-state index is 12.3. The Morgan fingerprint density at radius 3 is 2.76 bits per heavy atom. The molecule has 1 aromatic heterocycles. The van der Waals surface area contributed by atoms with Crippen LogP contribution >= 0.6 is 11.6 Å². The molecular weight excluding hydrogens is 288 g/mol. The first-order valence-electron chi connectivity index (χ1n) is 6.52. The number of hydrogen-bond acceptors (Lipinski definition) is 3. The topological polar surface area (TPSA) is 59.8 Å². The Hall–Kier alpha value is -2.40. The minimum atomic E-state index is -0.323. The average molecular weight is 301 g/mol. The van der Waals surface area contributed by atoms with Gasteiger partial charge in [-0.05, 0) is 30.7 Å². The van der Waals surface area contributed by atoms with Crippen LogP contribution < -0.4 is 5.32 Å². The van der Waals surface area contributed by atoms with E-state index >= 15 is 0 Å². The highest BCUT2D eigenvalue weighted by atomic mass is 35.5. The standard InChI is InChI=1S/C15H13ClN4O/c1-10(11-5-3-2-4-6-11)17-15(21)20-14-8-7-12(16)9-13(14)18-19-20/h2-10H,1H3,(H,17,21). The molecule has 0 aliphatic carbocycles. The minimum Gasteiger partial charge on any atom is -0.330 e. The lowest BCUT2D eigenvalue weighted by Gasteiger charge is -2.13. The van der Waals surface area contributed by atoms with Crippen molar-refractivity contribution in [1.29, 1.82) is 0 Å². The number of amides is 1. The molecule has 0 radical (unpaired) electrons. The van der Waals surface area contributed by atoms with Crippen LogP contribution in [0.5, 0.6) is 0 Å². The zero-order valence-electron chi connectivity index (χ0n) is 11.3. The maximum Gasteiger partial charge on any atom is 0.344 e. The van der Waals surface area contributed by atoms with Crippen LogP contribution in [-0.2, 0) is 0 Å². The number of nitrogens with one attached hydrogen (secondary N) is 1. The number of fused-ring (bicyclic) bond motifs is 1. The second-order valence-corrected chi connectivity index (χ2v) is 5.15. The van der Waals surface area contributed by atoms with Gasteiger partial charge in [-0.2, -0.15) is 4.68 Å². The van der Waals surface area contributed by atoms with E-state index in [-0.39, 0.29) is 12.1 Å². The molecule has 1 heterocycles. The largest absolute Gasteiger partial charge is 0.344 e. The van der Waals surface area contributed by atoms with Gasteiger partial charge in [0, 0.05) is 5.02 Å². The van der Waals surface area contributed by atoms with E-state index < -0.39 is 0 Å². The number of halogens is 1. The Morgan fingerprint density at radius 2 is 2.00 bits per heavy atom. The Morgan fingerprint density at radius 1 is 1.24 bits per heavy atom. The molecule has 1 unspecified atom stereocenters. The van der Waals surface area contributed by atoms with Crippen molar-refractivity contribution in [2.24, 2.45) is 0 Å². The smallest absolute Gasteiger partial charge is 0.330 e. The molecule has 3 rings (SSSR count). The fraction of sp³-hybridized carbons (Fsp3) is 0.133. The van der Waals surface area contributed by atoms with Crippen molar-refractivity contribution in [3.8, 4) is 0 Å². The van der Waals surface area contributed by atoms with E-state index in [0.717, 1.165) is 5.56 Å². The van der Waals surface area contributed by atoms with Crippen LogP contribution in [0.15, 0.2) is 48.5 Å². The summed E-state index contributed by atoms with van der Waals surface area (Å²) in [5, 5.41) is 11.3. The third-order valence-electron chi connectivity index (χ3n) is 3.24. The fourth-order valence-corrected chi connectivity index (χ4v) is 2.28. The number of nitrogens with zero attached hydrogens (tertiary/aromatic N) is 3. The van der Waals surface area contributed by atoms with Crippen LogP contribution in [0.3, 0.4) is 0 Å². The van der Waals surface area contributed by atoms with E-state index in [1.807, 2.05) is 37.3 Å². The molecule has 0 saturated heterocycles. The molecule has 1 atom stereocenters. The van der Waals surface area contributed by atoms with Crippen LogP contribution in [-0.4, -0.2) is 21.0 Å². The third-order valence-corrected chi connectivity index (χ3v) is 3.47. The summed E-state index contributed by atoms with van der Waals surface area (Å²) in [5.74, 6) is 0. The van der Waals surface area contributed by atoms with Crippen LogP contribution in [0, 0.1) is 0 Å². The van der Waals surface area contributed by atoms with Gasteiger partial charge in [0.05, 0.1) is 11.6 Å². The second kappa shape index (κ2) is 5.54. The molecular formula is C15H13ClN4O. The average Bonchev–Trinajstić information content (AvgIpc) is 2.91. The molecule has 106 valence electrons. The highest BCUT2D eigenvalue weighted by Gasteiger charge is 2.15. The van der Waals surface area contributed by atoms with Gasteiger partial charge in [-0.25, -0.2) is 4.79 Å². The van der Waals surface area contributed by atoms with Crippen LogP contribution in [0.4, 0.5) is 4.79 Å². The summed E-state index contributed by atoms with van der Waals surface area (Å²) in [6.07, 6.45) is 0. The molecule has 21 heavy (non-hydrogen) atoms. The second-order valence-electron chi connectivity index (χ2n) is 4.72. The molecule has 6 heteroatoms. The summed E-state index contributed by atoms with van der Waals surface area (Å²) in [6.45, 7) is 1.92. The SMILES string of the molecule is CC(NC(=O)n1nnc2cc(Cl)ccc21)c1ccccc1. The molecule has 1 N–H and O–H groups in total. The first-order chi connectivity index (χ1) is 10.1. The van der Waals surface area contributed by atoms with E-state index in [0.29, 0.717) is 16.1 Å². The first kappa shape index (κ1) is 13.6. The Balaban J connectivity index is 1.84. The minimum absolute atomic E-state index is 0.120. The molecule has 0 spiro atoms. The summed E-state index contributed by atoms with van der Waals surface area (Å²) in [6, 6.07) is 14.4. The molecule has 3 aromatic rings. The van der Waals surface area contributed by atoms with Gasteiger partial charge in [-0.1, -0.05) is 47.1 Å². The predicted octanol–water partition coefficient (Wildman–Crippen LogP) is 3.40. The summed E-state index contributed by atoms with van der Waals surface area (Å²) in [7, 11) is 0. The normalized spacial score (nSPS) is 12.3. The van der Waals surface area contributed by atoms with Gasteiger partial charge in [0.15, 0.2) is 0 Å². The van der Waals surface area contributed by atoms with Crippen molar-refractivity contribution < 1.29 is 4.79 Å². The van der Waals surface area contributed by atoms with Crippen molar-refractivity contribution in [2.45, 2.75) is 13.0 Å². The molecule has 1 amide bonds.